The Hall–Kier alpha value is -1.71. The van der Waals surface area contributed by atoms with Crippen molar-refractivity contribution < 1.29 is 22.7 Å². The van der Waals surface area contributed by atoms with Gasteiger partial charge in [-0.1, -0.05) is 6.07 Å². The predicted molar refractivity (Wildman–Crippen MR) is 81.8 cm³/mol. The minimum Gasteiger partial charge on any atom is -0.481 e. The van der Waals surface area contributed by atoms with Gasteiger partial charge in [-0.25, -0.2) is 13.4 Å². The molecule has 126 valence electrons. The van der Waals surface area contributed by atoms with Crippen molar-refractivity contribution in [2.24, 2.45) is 0 Å². The van der Waals surface area contributed by atoms with E-state index in [1.54, 1.807) is 18.2 Å². The van der Waals surface area contributed by atoms with Crippen LogP contribution in [0.3, 0.4) is 0 Å². The monoisotopic (exact) mass is 341 g/mol. The van der Waals surface area contributed by atoms with Gasteiger partial charge in [0.2, 0.25) is 15.9 Å². The number of hydrogen-bond acceptors (Lipinski definition) is 6. The summed E-state index contributed by atoms with van der Waals surface area (Å²) in [7, 11) is -1.90. The molecule has 0 saturated carbocycles. The molecule has 0 N–H and O–H groups in total. The van der Waals surface area contributed by atoms with E-state index in [0.29, 0.717) is 32.2 Å². The number of morpholine rings is 1. The number of carbonyl (C=O) groups excluding carboxylic acids is 1. The topological polar surface area (TPSA) is 89.0 Å². The quantitative estimate of drug-likeness (QED) is 0.739. The number of sulfonamides is 1. The van der Waals surface area contributed by atoms with Gasteiger partial charge in [0.1, 0.15) is 10.9 Å². The summed E-state index contributed by atoms with van der Waals surface area (Å²) in [5.74, 6) is 0.0752. The maximum Gasteiger partial charge on any atom is 0.272 e. The average Bonchev–Trinajstić information content (AvgIpc) is 2.54. The zero-order chi connectivity index (χ0) is 16.4. The zero-order valence-electron chi connectivity index (χ0n) is 12.8. The van der Waals surface area contributed by atoms with Crippen molar-refractivity contribution in [2.45, 2.75) is 5.25 Å². The molecule has 0 unspecified atom stereocenters. The van der Waals surface area contributed by atoms with Crippen molar-refractivity contribution >= 4 is 15.9 Å². The standard InChI is InChI=1S/C14H19N3O5S/c1-21-13-4-2-3-12(15-13)14(18)16-9-11(10-16)23(19,20)17-5-7-22-8-6-17/h2-4,11H,5-10H2,1H3. The first-order chi connectivity index (χ1) is 11.0. The number of likely N-dealkylation sites (tertiary alicyclic amines) is 1. The fourth-order valence-electron chi connectivity index (χ4n) is 2.61. The van der Waals surface area contributed by atoms with Crippen LogP contribution >= 0.6 is 0 Å². The number of amides is 1. The van der Waals surface area contributed by atoms with Crippen molar-refractivity contribution in [1.82, 2.24) is 14.2 Å². The van der Waals surface area contributed by atoms with Gasteiger partial charge in [-0.2, -0.15) is 4.31 Å². The zero-order valence-corrected chi connectivity index (χ0v) is 13.7. The van der Waals surface area contributed by atoms with Gasteiger partial charge in [0.25, 0.3) is 5.91 Å². The van der Waals surface area contributed by atoms with Crippen LogP contribution < -0.4 is 4.74 Å². The van der Waals surface area contributed by atoms with Gasteiger partial charge in [-0.15, -0.1) is 0 Å². The number of nitrogens with zero attached hydrogens (tertiary/aromatic N) is 3. The number of pyridine rings is 1. The van der Waals surface area contributed by atoms with Crippen molar-refractivity contribution in [3.8, 4) is 5.88 Å². The molecule has 3 rings (SSSR count). The summed E-state index contributed by atoms with van der Waals surface area (Å²) in [5, 5.41) is -0.546. The Labute approximate surface area is 135 Å². The molecule has 2 aliphatic heterocycles. The lowest BCUT2D eigenvalue weighted by Crippen LogP contribution is -2.61. The van der Waals surface area contributed by atoms with E-state index in [1.165, 1.54) is 16.3 Å². The molecule has 23 heavy (non-hydrogen) atoms. The second-order valence-electron chi connectivity index (χ2n) is 5.45. The van der Waals surface area contributed by atoms with Crippen molar-refractivity contribution in [3.05, 3.63) is 23.9 Å². The predicted octanol–water partition coefficient (Wildman–Crippen LogP) is -0.423. The van der Waals surface area contributed by atoms with Gasteiger partial charge >= 0.3 is 0 Å². The Morgan fingerprint density at radius 2 is 2.00 bits per heavy atom. The third-order valence-electron chi connectivity index (χ3n) is 4.04. The molecule has 1 aromatic rings. The molecule has 9 heteroatoms. The Morgan fingerprint density at radius 1 is 1.30 bits per heavy atom. The van der Waals surface area contributed by atoms with Crippen LogP contribution in [0.4, 0.5) is 0 Å². The molecular formula is C14H19N3O5S. The molecule has 8 nitrogen and oxygen atoms in total. The van der Waals surface area contributed by atoms with E-state index in [-0.39, 0.29) is 24.7 Å². The van der Waals surface area contributed by atoms with Gasteiger partial charge in [-0.05, 0) is 6.07 Å². The highest BCUT2D eigenvalue weighted by Gasteiger charge is 2.43. The lowest BCUT2D eigenvalue weighted by molar-refractivity contribution is 0.0612. The third-order valence-corrected chi connectivity index (χ3v) is 6.26. The van der Waals surface area contributed by atoms with Crippen LogP contribution in [-0.4, -0.2) is 80.3 Å². The summed E-state index contributed by atoms with van der Waals surface area (Å²) in [4.78, 5) is 17.9. The highest BCUT2D eigenvalue weighted by Crippen LogP contribution is 2.22. The number of methoxy groups -OCH3 is 1. The minimum atomic E-state index is -3.37. The molecule has 0 radical (unpaired) electrons. The van der Waals surface area contributed by atoms with Crippen molar-refractivity contribution in [2.75, 3.05) is 46.5 Å². The first-order valence-corrected chi connectivity index (χ1v) is 8.89. The Balaban J connectivity index is 1.62. The summed E-state index contributed by atoms with van der Waals surface area (Å²) in [6.45, 7) is 1.98. The molecule has 3 heterocycles. The van der Waals surface area contributed by atoms with Gasteiger partial charge in [0.15, 0.2) is 0 Å². The largest absolute Gasteiger partial charge is 0.481 e. The first kappa shape index (κ1) is 16.2. The van der Waals surface area contributed by atoms with Crippen molar-refractivity contribution in [1.29, 1.82) is 0 Å². The van der Waals surface area contributed by atoms with Crippen LogP contribution in [0, 0.1) is 0 Å². The number of rotatable bonds is 4. The summed E-state index contributed by atoms with van der Waals surface area (Å²) >= 11 is 0. The van der Waals surface area contributed by atoms with Gasteiger partial charge < -0.3 is 14.4 Å². The van der Waals surface area contributed by atoms with Crippen molar-refractivity contribution in [3.63, 3.8) is 0 Å². The first-order valence-electron chi connectivity index (χ1n) is 7.39. The molecule has 0 aliphatic carbocycles. The molecule has 1 amide bonds. The number of aromatic nitrogens is 1. The molecule has 0 spiro atoms. The Kier molecular flexibility index (Phi) is 4.51. The lowest BCUT2D eigenvalue weighted by Gasteiger charge is -2.41. The highest BCUT2D eigenvalue weighted by molar-refractivity contribution is 7.89. The molecule has 2 fully saturated rings. The van der Waals surface area contributed by atoms with E-state index in [9.17, 15) is 13.2 Å². The smallest absolute Gasteiger partial charge is 0.272 e. The third kappa shape index (κ3) is 3.17. The molecule has 0 bridgehead atoms. The Morgan fingerprint density at radius 3 is 2.65 bits per heavy atom. The van der Waals surface area contributed by atoms with E-state index < -0.39 is 15.3 Å². The van der Waals surface area contributed by atoms with Crippen LogP contribution in [-0.2, 0) is 14.8 Å². The average molecular weight is 341 g/mol. The fraction of sp³-hybridized carbons (Fsp3) is 0.571. The highest BCUT2D eigenvalue weighted by atomic mass is 32.2. The maximum atomic E-state index is 12.5. The molecule has 2 aliphatic rings. The fourth-order valence-corrected chi connectivity index (χ4v) is 4.43. The summed E-state index contributed by atoms with van der Waals surface area (Å²) in [5.41, 5.74) is 0.256. The summed E-state index contributed by atoms with van der Waals surface area (Å²) < 4.78 is 36.6. The van der Waals surface area contributed by atoms with Crippen LogP contribution in [0.25, 0.3) is 0 Å². The van der Waals surface area contributed by atoms with Gasteiger partial charge in [0.05, 0.1) is 20.3 Å². The summed E-state index contributed by atoms with van der Waals surface area (Å²) in [6.07, 6.45) is 0. The van der Waals surface area contributed by atoms with Gasteiger partial charge in [-0.3, -0.25) is 4.79 Å². The van der Waals surface area contributed by atoms with E-state index in [2.05, 4.69) is 4.98 Å². The summed E-state index contributed by atoms with van der Waals surface area (Å²) in [6, 6.07) is 4.92. The number of ether oxygens (including phenoxy) is 2. The second kappa shape index (κ2) is 6.42. The normalized spacial score (nSPS) is 20.1. The maximum absolute atomic E-state index is 12.5. The van der Waals surface area contributed by atoms with Gasteiger partial charge in [0, 0.05) is 32.2 Å². The Bertz CT molecular complexity index is 681. The van der Waals surface area contributed by atoms with E-state index >= 15 is 0 Å². The van der Waals surface area contributed by atoms with Crippen LogP contribution in [0.5, 0.6) is 5.88 Å². The van der Waals surface area contributed by atoms with Crippen LogP contribution in [0.2, 0.25) is 0 Å². The number of carbonyl (C=O) groups is 1. The molecular weight excluding hydrogens is 322 g/mol. The lowest BCUT2D eigenvalue weighted by atomic mass is 10.2. The second-order valence-corrected chi connectivity index (χ2v) is 7.67. The number of hydrogen-bond donors (Lipinski definition) is 0. The van der Waals surface area contributed by atoms with E-state index in [1.807, 2.05) is 0 Å². The molecule has 0 atom stereocenters. The van der Waals surface area contributed by atoms with Crippen LogP contribution in [0.1, 0.15) is 10.5 Å². The SMILES string of the molecule is COc1cccc(C(=O)N2CC(S(=O)(=O)N3CCOCC3)C2)n1. The molecule has 0 aromatic carbocycles. The van der Waals surface area contributed by atoms with E-state index in [0.717, 1.165) is 0 Å². The van der Waals surface area contributed by atoms with E-state index in [4.69, 9.17) is 9.47 Å². The molecule has 2 saturated heterocycles. The molecule has 1 aromatic heterocycles. The van der Waals surface area contributed by atoms with Crippen LogP contribution in [0.15, 0.2) is 18.2 Å². The minimum absolute atomic E-state index is 0.192.